The molecule has 0 spiro atoms. The lowest BCUT2D eigenvalue weighted by Gasteiger charge is -2.35. The summed E-state index contributed by atoms with van der Waals surface area (Å²) in [5.74, 6) is -0.0340. The monoisotopic (exact) mass is 435 g/mol. The van der Waals surface area contributed by atoms with E-state index in [0.29, 0.717) is 25.9 Å². The van der Waals surface area contributed by atoms with Gasteiger partial charge in [0.15, 0.2) is 0 Å². The van der Waals surface area contributed by atoms with E-state index in [0.717, 1.165) is 37.6 Å². The van der Waals surface area contributed by atoms with Gasteiger partial charge in [0, 0.05) is 62.2 Å². The second-order valence-corrected chi connectivity index (χ2v) is 8.84. The molecule has 3 amide bonds. The third-order valence-corrected chi connectivity index (χ3v) is 6.49. The summed E-state index contributed by atoms with van der Waals surface area (Å²) in [6.45, 7) is 7.46. The van der Waals surface area contributed by atoms with Crippen LogP contribution < -0.4 is 15.5 Å². The van der Waals surface area contributed by atoms with Crippen LogP contribution in [0.5, 0.6) is 0 Å². The number of para-hydroxylation sites is 1. The first-order valence-corrected chi connectivity index (χ1v) is 11.5. The molecule has 4 rings (SSSR count). The van der Waals surface area contributed by atoms with Gasteiger partial charge in [-0.15, -0.1) is 0 Å². The summed E-state index contributed by atoms with van der Waals surface area (Å²) in [5, 5.41) is 6.01. The highest BCUT2D eigenvalue weighted by Gasteiger charge is 2.27. The minimum absolute atomic E-state index is 0.0415. The van der Waals surface area contributed by atoms with Crippen molar-refractivity contribution in [2.75, 3.05) is 61.8 Å². The molecule has 170 valence electrons. The Morgan fingerprint density at radius 2 is 1.53 bits per heavy atom. The topological polar surface area (TPSA) is 67.9 Å². The third kappa shape index (κ3) is 5.40. The second-order valence-electron chi connectivity index (χ2n) is 8.84. The Balaban J connectivity index is 1.27. The molecule has 0 atom stereocenters. The fourth-order valence-corrected chi connectivity index (χ4v) is 4.45. The number of hydrogen-bond acceptors (Lipinski definition) is 4. The molecule has 2 fully saturated rings. The summed E-state index contributed by atoms with van der Waals surface area (Å²) >= 11 is 0. The Morgan fingerprint density at radius 1 is 0.844 bits per heavy atom. The standard InChI is InChI=1S/C25H33N5O2/c1-19-18-22(8-9-23(19)29-16-14-28(2)15-17-29)26-24(31)20-10-12-30(13-11-20)25(32)27-21-6-4-3-5-7-21/h3-9,18,20H,10-17H2,1-2H3,(H,26,31)(H,27,32). The maximum atomic E-state index is 12.8. The highest BCUT2D eigenvalue weighted by atomic mass is 16.2. The van der Waals surface area contributed by atoms with Gasteiger partial charge in [-0.05, 0) is 62.7 Å². The maximum Gasteiger partial charge on any atom is 0.321 e. The number of carbonyl (C=O) groups is 2. The lowest BCUT2D eigenvalue weighted by atomic mass is 9.96. The van der Waals surface area contributed by atoms with Crippen LogP contribution in [0.4, 0.5) is 21.9 Å². The van der Waals surface area contributed by atoms with Crippen LogP contribution in [-0.4, -0.2) is 68.1 Å². The van der Waals surface area contributed by atoms with Crippen LogP contribution in [0.25, 0.3) is 0 Å². The number of likely N-dealkylation sites (tertiary alicyclic amines) is 1. The average Bonchev–Trinajstić information content (AvgIpc) is 2.81. The number of piperazine rings is 1. The zero-order valence-corrected chi connectivity index (χ0v) is 19.0. The molecule has 2 aliphatic heterocycles. The Morgan fingerprint density at radius 3 is 2.19 bits per heavy atom. The number of urea groups is 1. The van der Waals surface area contributed by atoms with Crippen LogP contribution in [-0.2, 0) is 4.79 Å². The number of carbonyl (C=O) groups excluding carboxylic acids is 2. The summed E-state index contributed by atoms with van der Waals surface area (Å²) in [7, 11) is 2.16. The van der Waals surface area contributed by atoms with Crippen LogP contribution in [0.3, 0.4) is 0 Å². The maximum absolute atomic E-state index is 12.8. The minimum Gasteiger partial charge on any atom is -0.369 e. The number of rotatable bonds is 4. The first-order chi connectivity index (χ1) is 15.5. The van der Waals surface area contributed by atoms with Gasteiger partial charge >= 0.3 is 6.03 Å². The van der Waals surface area contributed by atoms with Crippen molar-refractivity contribution in [1.29, 1.82) is 0 Å². The number of nitrogens with one attached hydrogen (secondary N) is 2. The smallest absolute Gasteiger partial charge is 0.321 e. The number of hydrogen-bond donors (Lipinski definition) is 2. The van der Waals surface area contributed by atoms with Crippen molar-refractivity contribution in [3.05, 3.63) is 54.1 Å². The van der Waals surface area contributed by atoms with E-state index in [1.807, 2.05) is 36.4 Å². The van der Waals surface area contributed by atoms with E-state index in [1.165, 1.54) is 11.3 Å². The lowest BCUT2D eigenvalue weighted by molar-refractivity contribution is -0.121. The third-order valence-electron chi connectivity index (χ3n) is 6.49. The van der Waals surface area contributed by atoms with Gasteiger partial charge in [-0.1, -0.05) is 18.2 Å². The van der Waals surface area contributed by atoms with E-state index in [2.05, 4.69) is 46.5 Å². The largest absolute Gasteiger partial charge is 0.369 e. The van der Waals surface area contributed by atoms with Gasteiger partial charge in [-0.25, -0.2) is 4.79 Å². The van der Waals surface area contributed by atoms with Gasteiger partial charge in [-0.2, -0.15) is 0 Å². The fourth-order valence-electron chi connectivity index (χ4n) is 4.45. The predicted octanol–water partition coefficient (Wildman–Crippen LogP) is 3.63. The van der Waals surface area contributed by atoms with Crippen LogP contribution in [0, 0.1) is 12.8 Å². The molecule has 2 saturated heterocycles. The zero-order chi connectivity index (χ0) is 22.5. The SMILES string of the molecule is Cc1cc(NC(=O)C2CCN(C(=O)Nc3ccccc3)CC2)ccc1N1CCN(C)CC1. The van der Waals surface area contributed by atoms with E-state index >= 15 is 0 Å². The number of piperidine rings is 1. The summed E-state index contributed by atoms with van der Waals surface area (Å²) in [4.78, 5) is 31.8. The van der Waals surface area contributed by atoms with E-state index in [-0.39, 0.29) is 17.9 Å². The van der Waals surface area contributed by atoms with Crippen LogP contribution >= 0.6 is 0 Å². The molecule has 2 heterocycles. The van der Waals surface area contributed by atoms with Crippen LogP contribution in [0.1, 0.15) is 18.4 Å². The Bertz CT molecular complexity index is 933. The molecule has 2 aromatic rings. The number of nitrogens with zero attached hydrogens (tertiary/aromatic N) is 3. The second kappa shape index (κ2) is 10.0. The van der Waals surface area contributed by atoms with Gasteiger partial charge in [0.05, 0.1) is 0 Å². The Labute approximate surface area is 190 Å². The van der Waals surface area contributed by atoms with E-state index in [1.54, 1.807) is 4.90 Å². The van der Waals surface area contributed by atoms with Crippen molar-refractivity contribution in [2.45, 2.75) is 19.8 Å². The van der Waals surface area contributed by atoms with Crippen molar-refractivity contribution in [3.63, 3.8) is 0 Å². The first-order valence-electron chi connectivity index (χ1n) is 11.5. The van der Waals surface area contributed by atoms with Crippen LogP contribution in [0.2, 0.25) is 0 Å². The number of aryl methyl sites for hydroxylation is 1. The Kier molecular flexibility index (Phi) is 6.95. The molecule has 0 saturated carbocycles. The molecule has 0 radical (unpaired) electrons. The van der Waals surface area contributed by atoms with E-state index in [9.17, 15) is 9.59 Å². The molecule has 0 aromatic heterocycles. The molecule has 0 aliphatic carbocycles. The van der Waals surface area contributed by atoms with E-state index < -0.39 is 0 Å². The fraction of sp³-hybridized carbons (Fsp3) is 0.440. The van der Waals surface area contributed by atoms with Crippen molar-refractivity contribution in [2.24, 2.45) is 5.92 Å². The number of amides is 3. The quantitative estimate of drug-likeness (QED) is 0.770. The molecular formula is C25H33N5O2. The number of benzene rings is 2. The average molecular weight is 436 g/mol. The molecule has 2 aromatic carbocycles. The normalized spacial score (nSPS) is 17.8. The molecular weight excluding hydrogens is 402 g/mol. The zero-order valence-electron chi connectivity index (χ0n) is 19.0. The van der Waals surface area contributed by atoms with Gasteiger partial charge in [-0.3, -0.25) is 4.79 Å². The molecule has 0 bridgehead atoms. The van der Waals surface area contributed by atoms with Crippen molar-refractivity contribution in [3.8, 4) is 0 Å². The summed E-state index contributed by atoms with van der Waals surface area (Å²) in [6.07, 6.45) is 1.35. The molecule has 7 heteroatoms. The lowest BCUT2D eigenvalue weighted by Crippen LogP contribution is -2.44. The predicted molar refractivity (Wildman–Crippen MR) is 129 cm³/mol. The number of likely N-dealkylation sites (N-methyl/N-ethyl adjacent to an activating group) is 1. The van der Waals surface area contributed by atoms with Gasteiger partial charge < -0.3 is 25.3 Å². The van der Waals surface area contributed by atoms with Crippen LogP contribution in [0.15, 0.2) is 48.5 Å². The van der Waals surface area contributed by atoms with Crippen molar-refractivity contribution >= 4 is 29.0 Å². The Hall–Kier alpha value is -3.06. The number of anilines is 3. The highest BCUT2D eigenvalue weighted by Crippen LogP contribution is 2.26. The molecule has 2 N–H and O–H groups in total. The highest BCUT2D eigenvalue weighted by molar-refractivity contribution is 5.93. The summed E-state index contributed by atoms with van der Waals surface area (Å²) in [5.41, 5.74) is 4.05. The van der Waals surface area contributed by atoms with Gasteiger partial charge in [0.25, 0.3) is 0 Å². The summed E-state index contributed by atoms with van der Waals surface area (Å²) < 4.78 is 0. The van der Waals surface area contributed by atoms with Gasteiger partial charge in [0.2, 0.25) is 5.91 Å². The first kappa shape index (κ1) is 22.1. The molecule has 32 heavy (non-hydrogen) atoms. The molecule has 0 unspecified atom stereocenters. The van der Waals surface area contributed by atoms with E-state index in [4.69, 9.17) is 0 Å². The molecule has 2 aliphatic rings. The molecule has 7 nitrogen and oxygen atoms in total. The van der Waals surface area contributed by atoms with Crippen molar-refractivity contribution in [1.82, 2.24) is 9.80 Å². The van der Waals surface area contributed by atoms with Gasteiger partial charge in [0.1, 0.15) is 0 Å². The van der Waals surface area contributed by atoms with Crippen molar-refractivity contribution < 1.29 is 9.59 Å². The summed E-state index contributed by atoms with van der Waals surface area (Å²) in [6, 6.07) is 15.5. The minimum atomic E-state index is -0.106.